The first-order valence-electron chi connectivity index (χ1n) is 7.05. The Kier molecular flexibility index (Phi) is 4.05. The zero-order chi connectivity index (χ0) is 15.4. The molecule has 0 amide bonds. The third-order valence-electron chi connectivity index (χ3n) is 3.39. The van der Waals surface area contributed by atoms with Crippen molar-refractivity contribution in [3.63, 3.8) is 0 Å². The molecular formula is C19H16FNO. The summed E-state index contributed by atoms with van der Waals surface area (Å²) in [6.45, 7) is 0.317. The smallest absolute Gasteiger partial charge is 0.165 e. The number of anilines is 1. The Balaban J connectivity index is 1.93. The van der Waals surface area contributed by atoms with E-state index in [1.165, 1.54) is 6.07 Å². The van der Waals surface area contributed by atoms with Gasteiger partial charge in [0.15, 0.2) is 11.6 Å². The van der Waals surface area contributed by atoms with E-state index >= 15 is 0 Å². The van der Waals surface area contributed by atoms with Crippen molar-refractivity contribution in [1.82, 2.24) is 0 Å². The van der Waals surface area contributed by atoms with Gasteiger partial charge in [-0.3, -0.25) is 0 Å². The zero-order valence-electron chi connectivity index (χ0n) is 12.0. The fourth-order valence-electron chi connectivity index (χ4n) is 2.32. The van der Waals surface area contributed by atoms with Crippen LogP contribution in [0.5, 0.6) is 5.75 Å². The number of ether oxygens (including phenoxy) is 1. The lowest BCUT2D eigenvalue weighted by Crippen LogP contribution is -1.99. The predicted octanol–water partition coefficient (Wildman–Crippen LogP) is 4.65. The molecule has 0 unspecified atom stereocenters. The molecule has 110 valence electrons. The summed E-state index contributed by atoms with van der Waals surface area (Å²) in [5.74, 6) is -0.132. The largest absolute Gasteiger partial charge is 0.485 e. The second kappa shape index (κ2) is 6.31. The summed E-state index contributed by atoms with van der Waals surface area (Å²) in [5, 5.41) is 0. The molecule has 22 heavy (non-hydrogen) atoms. The summed E-state index contributed by atoms with van der Waals surface area (Å²) in [7, 11) is 0. The standard InChI is InChI=1S/C19H16FNO/c20-18-11-5-10-17(15-8-4-9-16(21)12-15)19(18)22-13-14-6-2-1-3-7-14/h1-12H,13,21H2. The Morgan fingerprint density at radius 3 is 2.41 bits per heavy atom. The highest BCUT2D eigenvalue weighted by atomic mass is 19.1. The van der Waals surface area contributed by atoms with Gasteiger partial charge in [0.25, 0.3) is 0 Å². The molecule has 0 spiro atoms. The maximum absolute atomic E-state index is 14.2. The molecule has 0 aliphatic heterocycles. The van der Waals surface area contributed by atoms with Gasteiger partial charge in [0, 0.05) is 11.3 Å². The molecule has 0 aliphatic rings. The summed E-state index contributed by atoms with van der Waals surface area (Å²) in [6.07, 6.45) is 0. The van der Waals surface area contributed by atoms with Gasteiger partial charge in [-0.1, -0.05) is 54.6 Å². The molecule has 2 nitrogen and oxygen atoms in total. The molecule has 0 aliphatic carbocycles. The molecule has 0 saturated heterocycles. The number of halogens is 1. The van der Waals surface area contributed by atoms with E-state index in [9.17, 15) is 4.39 Å². The van der Waals surface area contributed by atoms with E-state index in [4.69, 9.17) is 10.5 Å². The normalized spacial score (nSPS) is 10.4. The number of para-hydroxylation sites is 1. The van der Waals surface area contributed by atoms with Crippen LogP contribution in [0.2, 0.25) is 0 Å². The van der Waals surface area contributed by atoms with Crippen LogP contribution < -0.4 is 10.5 Å². The van der Waals surface area contributed by atoms with Gasteiger partial charge in [0.2, 0.25) is 0 Å². The highest BCUT2D eigenvalue weighted by Crippen LogP contribution is 2.33. The van der Waals surface area contributed by atoms with Crippen LogP contribution in [-0.4, -0.2) is 0 Å². The van der Waals surface area contributed by atoms with E-state index < -0.39 is 0 Å². The minimum Gasteiger partial charge on any atom is -0.485 e. The van der Waals surface area contributed by atoms with Crippen molar-refractivity contribution >= 4 is 5.69 Å². The van der Waals surface area contributed by atoms with E-state index in [0.717, 1.165) is 11.1 Å². The van der Waals surface area contributed by atoms with Crippen LogP contribution in [0.4, 0.5) is 10.1 Å². The molecule has 3 heteroatoms. The predicted molar refractivity (Wildman–Crippen MR) is 87.0 cm³/mol. The highest BCUT2D eigenvalue weighted by Gasteiger charge is 2.12. The summed E-state index contributed by atoms with van der Waals surface area (Å²) >= 11 is 0. The maximum atomic E-state index is 14.2. The van der Waals surface area contributed by atoms with Gasteiger partial charge in [-0.2, -0.15) is 0 Å². The van der Waals surface area contributed by atoms with E-state index in [2.05, 4.69) is 0 Å². The minimum atomic E-state index is -0.379. The summed E-state index contributed by atoms with van der Waals surface area (Å²) < 4.78 is 19.9. The van der Waals surface area contributed by atoms with E-state index in [-0.39, 0.29) is 11.6 Å². The molecule has 0 atom stereocenters. The van der Waals surface area contributed by atoms with Crippen LogP contribution >= 0.6 is 0 Å². The summed E-state index contributed by atoms with van der Waals surface area (Å²) in [4.78, 5) is 0. The van der Waals surface area contributed by atoms with Crippen molar-refractivity contribution in [3.05, 3.63) is 84.2 Å². The van der Waals surface area contributed by atoms with Crippen molar-refractivity contribution in [2.75, 3.05) is 5.73 Å². The number of hydrogen-bond donors (Lipinski definition) is 1. The minimum absolute atomic E-state index is 0.247. The third-order valence-corrected chi connectivity index (χ3v) is 3.39. The van der Waals surface area contributed by atoms with Gasteiger partial charge in [-0.15, -0.1) is 0 Å². The quantitative estimate of drug-likeness (QED) is 0.710. The lowest BCUT2D eigenvalue weighted by Gasteiger charge is -2.13. The van der Waals surface area contributed by atoms with Crippen LogP contribution in [0.15, 0.2) is 72.8 Å². The Bertz CT molecular complexity index is 771. The van der Waals surface area contributed by atoms with Crippen LogP contribution in [-0.2, 0) is 6.61 Å². The van der Waals surface area contributed by atoms with Crippen molar-refractivity contribution < 1.29 is 9.13 Å². The van der Waals surface area contributed by atoms with Crippen molar-refractivity contribution in [1.29, 1.82) is 0 Å². The Morgan fingerprint density at radius 2 is 1.64 bits per heavy atom. The van der Waals surface area contributed by atoms with E-state index in [1.807, 2.05) is 54.6 Å². The first-order chi connectivity index (χ1) is 10.7. The summed E-state index contributed by atoms with van der Waals surface area (Å²) in [5.41, 5.74) is 8.97. The molecule has 0 saturated carbocycles. The van der Waals surface area contributed by atoms with Crippen molar-refractivity contribution in [2.24, 2.45) is 0 Å². The summed E-state index contributed by atoms with van der Waals surface area (Å²) in [6, 6.07) is 21.9. The second-order valence-electron chi connectivity index (χ2n) is 5.02. The average Bonchev–Trinajstić information content (AvgIpc) is 2.54. The Morgan fingerprint density at radius 1 is 0.864 bits per heavy atom. The monoisotopic (exact) mass is 293 g/mol. The van der Waals surface area contributed by atoms with Gasteiger partial charge in [0.1, 0.15) is 6.61 Å². The van der Waals surface area contributed by atoms with Crippen LogP contribution in [0.3, 0.4) is 0 Å². The second-order valence-corrected chi connectivity index (χ2v) is 5.02. The topological polar surface area (TPSA) is 35.2 Å². The first-order valence-corrected chi connectivity index (χ1v) is 7.05. The lowest BCUT2D eigenvalue weighted by atomic mass is 10.0. The average molecular weight is 293 g/mol. The van der Waals surface area contributed by atoms with Crippen LogP contribution in [0.1, 0.15) is 5.56 Å². The number of rotatable bonds is 4. The molecule has 0 bridgehead atoms. The fourth-order valence-corrected chi connectivity index (χ4v) is 2.32. The third kappa shape index (κ3) is 3.09. The number of benzene rings is 3. The lowest BCUT2D eigenvalue weighted by molar-refractivity contribution is 0.292. The van der Waals surface area contributed by atoms with E-state index in [1.54, 1.807) is 12.1 Å². The maximum Gasteiger partial charge on any atom is 0.165 e. The van der Waals surface area contributed by atoms with Gasteiger partial charge in [-0.25, -0.2) is 4.39 Å². The number of nitrogens with two attached hydrogens (primary N) is 1. The van der Waals surface area contributed by atoms with Crippen LogP contribution in [0.25, 0.3) is 11.1 Å². The number of hydrogen-bond acceptors (Lipinski definition) is 2. The molecule has 3 rings (SSSR count). The molecule has 3 aromatic carbocycles. The van der Waals surface area contributed by atoms with Crippen molar-refractivity contribution in [3.8, 4) is 16.9 Å². The van der Waals surface area contributed by atoms with Crippen LogP contribution in [0, 0.1) is 5.82 Å². The fraction of sp³-hybridized carbons (Fsp3) is 0.0526. The number of nitrogen functional groups attached to an aromatic ring is 1. The zero-order valence-corrected chi connectivity index (χ0v) is 12.0. The van der Waals surface area contributed by atoms with E-state index in [0.29, 0.717) is 17.9 Å². The Labute approximate surface area is 129 Å². The van der Waals surface area contributed by atoms with Gasteiger partial charge < -0.3 is 10.5 Å². The van der Waals surface area contributed by atoms with Crippen molar-refractivity contribution in [2.45, 2.75) is 6.61 Å². The Hall–Kier alpha value is -2.81. The molecule has 0 aromatic heterocycles. The highest BCUT2D eigenvalue weighted by molar-refractivity contribution is 5.73. The molecule has 0 radical (unpaired) electrons. The van der Waals surface area contributed by atoms with Gasteiger partial charge in [-0.05, 0) is 29.3 Å². The molecule has 0 fully saturated rings. The molecule has 0 heterocycles. The molecular weight excluding hydrogens is 277 g/mol. The molecule has 3 aromatic rings. The molecule has 2 N–H and O–H groups in total. The van der Waals surface area contributed by atoms with Gasteiger partial charge in [0.05, 0.1) is 0 Å². The van der Waals surface area contributed by atoms with Gasteiger partial charge >= 0.3 is 0 Å². The first kappa shape index (κ1) is 14.1. The SMILES string of the molecule is Nc1cccc(-c2cccc(F)c2OCc2ccccc2)c1.